The lowest BCUT2D eigenvalue weighted by atomic mass is 10.1. The van der Waals surface area contributed by atoms with E-state index in [1.165, 1.54) is 0 Å². The number of nitrogens with one attached hydrogen (secondary N) is 1. The zero-order valence-corrected chi connectivity index (χ0v) is 17.9. The molecule has 6 nitrogen and oxygen atoms in total. The Morgan fingerprint density at radius 2 is 1.72 bits per heavy atom. The molecule has 2 aromatic carbocycles. The van der Waals surface area contributed by atoms with Crippen LogP contribution in [-0.4, -0.2) is 46.9 Å². The maximum absolute atomic E-state index is 13.4. The van der Waals surface area contributed by atoms with Crippen molar-refractivity contribution in [1.29, 1.82) is 0 Å². The lowest BCUT2D eigenvalue weighted by Crippen LogP contribution is -2.45. The van der Waals surface area contributed by atoms with Crippen LogP contribution in [0, 0.1) is 0 Å². The summed E-state index contributed by atoms with van der Waals surface area (Å²) in [5, 5.41) is 3.11. The number of hydrogen-bond acceptors (Lipinski definition) is 4. The van der Waals surface area contributed by atoms with Crippen LogP contribution in [0.15, 0.2) is 79.1 Å². The van der Waals surface area contributed by atoms with Gasteiger partial charge in [-0.05, 0) is 48.7 Å². The van der Waals surface area contributed by atoms with Crippen LogP contribution in [0.25, 0.3) is 0 Å². The van der Waals surface area contributed by atoms with Gasteiger partial charge in [-0.25, -0.2) is 0 Å². The van der Waals surface area contributed by atoms with Gasteiger partial charge in [0.05, 0.1) is 5.56 Å². The Labute approximate surface area is 187 Å². The Hall–Kier alpha value is -3.51. The van der Waals surface area contributed by atoms with E-state index in [4.69, 9.17) is 0 Å². The van der Waals surface area contributed by atoms with Gasteiger partial charge < -0.3 is 10.2 Å². The van der Waals surface area contributed by atoms with Crippen LogP contribution < -0.4 is 10.2 Å². The number of carbonyl (C=O) groups excluding carboxylic acids is 2. The molecule has 1 N–H and O–H groups in total. The molecular weight excluding hydrogens is 400 g/mol. The molecule has 0 saturated carbocycles. The normalized spacial score (nSPS) is 20.2. The highest BCUT2D eigenvalue weighted by Gasteiger charge is 2.39. The molecule has 32 heavy (non-hydrogen) atoms. The summed E-state index contributed by atoms with van der Waals surface area (Å²) in [6.07, 6.45) is 5.30. The highest BCUT2D eigenvalue weighted by Crippen LogP contribution is 2.35. The number of amides is 2. The molecule has 0 unspecified atom stereocenters. The summed E-state index contributed by atoms with van der Waals surface area (Å²) in [6.45, 7) is 2.00. The average Bonchev–Trinajstić information content (AvgIpc) is 3.14. The van der Waals surface area contributed by atoms with Crippen molar-refractivity contribution in [3.05, 3.63) is 95.8 Å². The second kappa shape index (κ2) is 8.93. The molecule has 3 aromatic rings. The van der Waals surface area contributed by atoms with Crippen LogP contribution in [0.3, 0.4) is 0 Å². The van der Waals surface area contributed by atoms with E-state index in [0.29, 0.717) is 24.2 Å². The molecule has 2 aliphatic rings. The summed E-state index contributed by atoms with van der Waals surface area (Å²) in [6, 6.07) is 21.6. The number of anilines is 1. The Kier molecular flexibility index (Phi) is 5.69. The zero-order chi connectivity index (χ0) is 21.9. The first-order chi connectivity index (χ1) is 15.7. The largest absolute Gasteiger partial charge is 0.350 e. The van der Waals surface area contributed by atoms with E-state index >= 15 is 0 Å². The van der Waals surface area contributed by atoms with E-state index in [1.807, 2.05) is 59.5 Å². The molecule has 0 aliphatic carbocycles. The number of rotatable bonds is 4. The van der Waals surface area contributed by atoms with Crippen LogP contribution in [-0.2, 0) is 6.54 Å². The van der Waals surface area contributed by atoms with E-state index in [9.17, 15) is 9.59 Å². The van der Waals surface area contributed by atoms with Gasteiger partial charge in [0.1, 0.15) is 0 Å². The van der Waals surface area contributed by atoms with E-state index in [-0.39, 0.29) is 23.9 Å². The predicted octanol–water partition coefficient (Wildman–Crippen LogP) is 3.51. The monoisotopic (exact) mass is 426 g/mol. The molecule has 1 aromatic heterocycles. The minimum atomic E-state index is -0.0438. The maximum atomic E-state index is 13.4. The molecule has 6 heteroatoms. The van der Waals surface area contributed by atoms with Crippen molar-refractivity contribution in [2.24, 2.45) is 0 Å². The van der Waals surface area contributed by atoms with Gasteiger partial charge in [0.2, 0.25) is 0 Å². The number of pyridine rings is 1. The van der Waals surface area contributed by atoms with Gasteiger partial charge >= 0.3 is 0 Å². The van der Waals surface area contributed by atoms with Crippen LogP contribution >= 0.6 is 0 Å². The van der Waals surface area contributed by atoms with Gasteiger partial charge in [-0.2, -0.15) is 0 Å². The summed E-state index contributed by atoms with van der Waals surface area (Å²) >= 11 is 0. The van der Waals surface area contributed by atoms with Gasteiger partial charge in [-0.15, -0.1) is 0 Å². The lowest BCUT2D eigenvalue weighted by molar-refractivity contribution is 0.0934. The fourth-order valence-electron chi connectivity index (χ4n) is 4.84. The number of aromatic nitrogens is 1. The van der Waals surface area contributed by atoms with E-state index in [2.05, 4.69) is 21.3 Å². The molecule has 1 saturated heterocycles. The summed E-state index contributed by atoms with van der Waals surface area (Å²) in [4.78, 5) is 34.4. The molecule has 2 amide bonds. The molecule has 0 radical (unpaired) electrons. The van der Waals surface area contributed by atoms with Crippen molar-refractivity contribution < 1.29 is 9.59 Å². The van der Waals surface area contributed by atoms with Crippen molar-refractivity contribution >= 4 is 17.5 Å². The van der Waals surface area contributed by atoms with E-state index in [1.54, 1.807) is 18.5 Å². The molecule has 1 fully saturated rings. The highest BCUT2D eigenvalue weighted by molar-refractivity contribution is 6.06. The van der Waals surface area contributed by atoms with Crippen LogP contribution in [0.5, 0.6) is 0 Å². The molecule has 0 spiro atoms. The Bertz CT molecular complexity index is 1100. The number of carbonyl (C=O) groups is 2. The minimum Gasteiger partial charge on any atom is -0.350 e. The van der Waals surface area contributed by atoms with Crippen molar-refractivity contribution in [1.82, 2.24) is 15.2 Å². The summed E-state index contributed by atoms with van der Waals surface area (Å²) < 4.78 is 0. The van der Waals surface area contributed by atoms with Crippen molar-refractivity contribution in [2.75, 3.05) is 18.0 Å². The Morgan fingerprint density at radius 3 is 2.53 bits per heavy atom. The third-order valence-corrected chi connectivity index (χ3v) is 6.49. The van der Waals surface area contributed by atoms with Gasteiger partial charge in [0.25, 0.3) is 11.8 Å². The van der Waals surface area contributed by atoms with E-state index < -0.39 is 0 Å². The number of nitrogens with zero attached hydrogens (tertiary/aromatic N) is 3. The van der Waals surface area contributed by atoms with Crippen molar-refractivity contribution in [3.8, 4) is 0 Å². The third-order valence-electron chi connectivity index (χ3n) is 6.49. The smallest absolute Gasteiger partial charge is 0.259 e. The van der Waals surface area contributed by atoms with Gasteiger partial charge in [-0.3, -0.25) is 19.5 Å². The van der Waals surface area contributed by atoms with Gasteiger partial charge in [0.15, 0.2) is 0 Å². The van der Waals surface area contributed by atoms with E-state index in [0.717, 1.165) is 30.6 Å². The SMILES string of the molecule is O=C(NC[C@@H]1CC[C@@H]2CN(C(=O)c3cccnc3)c3ccccc3CN21)c1ccccc1. The first kappa shape index (κ1) is 20.4. The molecular formula is C26H26N4O2. The van der Waals surface area contributed by atoms with Crippen LogP contribution in [0.1, 0.15) is 39.1 Å². The maximum Gasteiger partial charge on any atom is 0.259 e. The number of hydrogen-bond donors (Lipinski definition) is 1. The van der Waals surface area contributed by atoms with Crippen LogP contribution in [0.4, 0.5) is 5.69 Å². The summed E-state index contributed by atoms with van der Waals surface area (Å²) in [5.41, 5.74) is 3.37. The first-order valence-electron chi connectivity index (χ1n) is 11.1. The van der Waals surface area contributed by atoms with Crippen molar-refractivity contribution in [3.63, 3.8) is 0 Å². The summed E-state index contributed by atoms with van der Waals surface area (Å²) in [5.74, 6) is -0.0640. The molecule has 2 aliphatic heterocycles. The second-order valence-electron chi connectivity index (χ2n) is 8.42. The molecule has 0 bridgehead atoms. The molecule has 2 atom stereocenters. The fraction of sp³-hybridized carbons (Fsp3) is 0.269. The quantitative estimate of drug-likeness (QED) is 0.694. The zero-order valence-electron chi connectivity index (χ0n) is 17.9. The highest BCUT2D eigenvalue weighted by atomic mass is 16.2. The number of fused-ring (bicyclic) bond motifs is 2. The number of para-hydroxylation sites is 1. The topological polar surface area (TPSA) is 65.5 Å². The second-order valence-corrected chi connectivity index (χ2v) is 8.42. The number of benzene rings is 2. The average molecular weight is 427 g/mol. The molecule has 162 valence electrons. The third kappa shape index (κ3) is 4.01. The first-order valence-corrected chi connectivity index (χ1v) is 11.1. The Balaban J connectivity index is 1.35. The Morgan fingerprint density at radius 1 is 0.938 bits per heavy atom. The van der Waals surface area contributed by atoms with Crippen molar-refractivity contribution in [2.45, 2.75) is 31.5 Å². The van der Waals surface area contributed by atoms with Crippen LogP contribution in [0.2, 0.25) is 0 Å². The minimum absolute atomic E-state index is 0.0202. The van der Waals surface area contributed by atoms with Gasteiger partial charge in [-0.1, -0.05) is 36.4 Å². The standard InChI is InChI=1S/C26H26N4O2/c31-25(19-7-2-1-3-8-19)28-16-22-12-13-23-18-30(26(32)20-10-6-14-27-15-20)24-11-5-4-9-21(24)17-29(22)23/h1-11,14-15,22-23H,12-13,16-18H2,(H,28,31)/t22-,23+/m0/s1. The molecule has 3 heterocycles. The summed E-state index contributed by atoms with van der Waals surface area (Å²) in [7, 11) is 0. The predicted molar refractivity (Wildman–Crippen MR) is 123 cm³/mol. The fourth-order valence-corrected chi connectivity index (χ4v) is 4.84. The molecule has 5 rings (SSSR count). The lowest BCUT2D eigenvalue weighted by Gasteiger charge is -2.29. The van der Waals surface area contributed by atoms with Gasteiger partial charge in [0, 0.05) is 55.4 Å².